The molecule has 0 spiro atoms. The Morgan fingerprint density at radius 1 is 1.15 bits per heavy atom. The maximum atomic E-state index is 13.4. The number of nitrogens with one attached hydrogen (secondary N) is 1. The van der Waals surface area contributed by atoms with Crippen LogP contribution in [0.15, 0.2) is 48.5 Å². The molecule has 2 aromatic rings. The van der Waals surface area contributed by atoms with Crippen LogP contribution in [-0.2, 0) is 9.59 Å². The fraction of sp³-hybridized carbons (Fsp3) is 0.263. The SMILES string of the molecule is O=C(O)C[C@H](NC(=O)CCCOc1ccccc1F)c1ccc(Cl)cc1. The minimum absolute atomic E-state index is 0.137. The summed E-state index contributed by atoms with van der Waals surface area (Å²) in [6, 6.07) is 12.0. The summed E-state index contributed by atoms with van der Waals surface area (Å²) in [5.74, 6) is -1.64. The molecular weight excluding hydrogens is 361 g/mol. The second-order valence-corrected chi connectivity index (χ2v) is 6.09. The van der Waals surface area contributed by atoms with Crippen LogP contribution in [0.4, 0.5) is 4.39 Å². The molecule has 2 aromatic carbocycles. The zero-order valence-corrected chi connectivity index (χ0v) is 14.7. The number of aliphatic carboxylic acids is 1. The fourth-order valence-corrected chi connectivity index (χ4v) is 2.49. The first kappa shape index (κ1) is 19.7. The standard InChI is InChI=1S/C19H19ClFNO4/c20-14-9-7-13(8-10-14)16(12-19(24)25)22-18(23)6-3-11-26-17-5-2-1-4-15(17)21/h1-2,4-5,7-10,16H,3,6,11-12H2,(H,22,23)(H,24,25)/t16-/m0/s1. The predicted molar refractivity (Wildman–Crippen MR) is 95.7 cm³/mol. The van der Waals surface area contributed by atoms with E-state index in [0.717, 1.165) is 0 Å². The molecule has 138 valence electrons. The number of halogens is 2. The Morgan fingerprint density at radius 3 is 2.50 bits per heavy atom. The first-order valence-electron chi connectivity index (χ1n) is 8.09. The number of amides is 1. The zero-order chi connectivity index (χ0) is 18.9. The van der Waals surface area contributed by atoms with Crippen molar-refractivity contribution in [3.63, 3.8) is 0 Å². The van der Waals surface area contributed by atoms with Gasteiger partial charge in [-0.15, -0.1) is 0 Å². The summed E-state index contributed by atoms with van der Waals surface area (Å²) < 4.78 is 18.7. The van der Waals surface area contributed by atoms with Crippen molar-refractivity contribution in [1.82, 2.24) is 5.32 Å². The van der Waals surface area contributed by atoms with E-state index in [1.165, 1.54) is 12.1 Å². The maximum absolute atomic E-state index is 13.4. The third kappa shape index (κ3) is 6.37. The highest BCUT2D eigenvalue weighted by Gasteiger charge is 2.18. The predicted octanol–water partition coefficient (Wildman–Crippen LogP) is 3.97. The number of carbonyl (C=O) groups is 2. The van der Waals surface area contributed by atoms with E-state index in [9.17, 15) is 14.0 Å². The van der Waals surface area contributed by atoms with Crippen molar-refractivity contribution in [2.24, 2.45) is 0 Å². The molecule has 0 aliphatic carbocycles. The quantitative estimate of drug-likeness (QED) is 0.646. The lowest BCUT2D eigenvalue weighted by Gasteiger charge is -2.17. The number of ether oxygens (including phenoxy) is 1. The molecule has 5 nitrogen and oxygen atoms in total. The van der Waals surface area contributed by atoms with Gasteiger partial charge in [0.15, 0.2) is 11.6 Å². The second-order valence-electron chi connectivity index (χ2n) is 5.65. The third-order valence-electron chi connectivity index (χ3n) is 3.63. The number of benzene rings is 2. The Bertz CT molecular complexity index is 751. The van der Waals surface area contributed by atoms with E-state index >= 15 is 0 Å². The van der Waals surface area contributed by atoms with Crippen LogP contribution < -0.4 is 10.1 Å². The second kappa shape index (κ2) is 9.77. The summed E-state index contributed by atoms with van der Waals surface area (Å²) in [4.78, 5) is 23.1. The van der Waals surface area contributed by atoms with Crippen molar-refractivity contribution in [3.05, 3.63) is 64.9 Å². The van der Waals surface area contributed by atoms with Crippen LogP contribution in [0.5, 0.6) is 5.75 Å². The molecule has 0 aromatic heterocycles. The molecule has 0 saturated heterocycles. The molecule has 0 unspecified atom stereocenters. The van der Waals surface area contributed by atoms with Gasteiger partial charge in [-0.2, -0.15) is 0 Å². The van der Waals surface area contributed by atoms with Crippen molar-refractivity contribution in [2.45, 2.75) is 25.3 Å². The van der Waals surface area contributed by atoms with E-state index in [-0.39, 0.29) is 31.1 Å². The number of hydrogen-bond acceptors (Lipinski definition) is 3. The summed E-state index contributed by atoms with van der Waals surface area (Å²) in [7, 11) is 0. The van der Waals surface area contributed by atoms with Crippen LogP contribution in [0.2, 0.25) is 5.02 Å². The first-order valence-corrected chi connectivity index (χ1v) is 8.47. The van der Waals surface area contributed by atoms with Crippen molar-refractivity contribution >= 4 is 23.5 Å². The van der Waals surface area contributed by atoms with Crippen LogP contribution in [0.1, 0.15) is 30.9 Å². The summed E-state index contributed by atoms with van der Waals surface area (Å²) in [5.41, 5.74) is 0.660. The Labute approximate surface area is 155 Å². The van der Waals surface area contributed by atoms with Gasteiger partial charge in [-0.1, -0.05) is 35.9 Å². The summed E-state index contributed by atoms with van der Waals surface area (Å²) in [6.45, 7) is 0.179. The van der Waals surface area contributed by atoms with E-state index < -0.39 is 17.8 Å². The lowest BCUT2D eigenvalue weighted by Crippen LogP contribution is -2.30. The smallest absolute Gasteiger partial charge is 0.305 e. The highest BCUT2D eigenvalue weighted by atomic mass is 35.5. The van der Waals surface area contributed by atoms with Gasteiger partial charge in [-0.05, 0) is 36.2 Å². The lowest BCUT2D eigenvalue weighted by molar-refractivity contribution is -0.137. The monoisotopic (exact) mass is 379 g/mol. The van der Waals surface area contributed by atoms with Gasteiger partial charge < -0.3 is 15.2 Å². The summed E-state index contributed by atoms with van der Waals surface area (Å²) in [6.07, 6.45) is 0.276. The molecule has 0 bridgehead atoms. The van der Waals surface area contributed by atoms with Crippen LogP contribution in [0.3, 0.4) is 0 Å². The largest absolute Gasteiger partial charge is 0.491 e. The third-order valence-corrected chi connectivity index (χ3v) is 3.88. The minimum atomic E-state index is -1.02. The Balaban J connectivity index is 1.84. The number of para-hydroxylation sites is 1. The molecule has 0 aliphatic rings. The Hall–Kier alpha value is -2.60. The lowest BCUT2D eigenvalue weighted by atomic mass is 10.0. The maximum Gasteiger partial charge on any atom is 0.305 e. The molecule has 0 radical (unpaired) electrons. The minimum Gasteiger partial charge on any atom is -0.491 e. The zero-order valence-electron chi connectivity index (χ0n) is 14.0. The summed E-state index contributed by atoms with van der Waals surface area (Å²) in [5, 5.41) is 12.3. The molecule has 0 heterocycles. The number of rotatable bonds is 9. The molecule has 0 saturated carbocycles. The highest BCUT2D eigenvalue weighted by Crippen LogP contribution is 2.20. The van der Waals surface area contributed by atoms with Crippen LogP contribution >= 0.6 is 11.6 Å². The average Bonchev–Trinajstić information content (AvgIpc) is 2.60. The van der Waals surface area contributed by atoms with Gasteiger partial charge in [-0.25, -0.2) is 4.39 Å². The van der Waals surface area contributed by atoms with Gasteiger partial charge >= 0.3 is 5.97 Å². The first-order chi connectivity index (χ1) is 12.5. The van der Waals surface area contributed by atoms with Gasteiger partial charge in [0.1, 0.15) is 0 Å². The molecular formula is C19H19ClFNO4. The van der Waals surface area contributed by atoms with Crippen molar-refractivity contribution in [3.8, 4) is 5.75 Å². The number of hydrogen-bond donors (Lipinski definition) is 2. The van der Waals surface area contributed by atoms with Gasteiger partial charge in [0.25, 0.3) is 0 Å². The highest BCUT2D eigenvalue weighted by molar-refractivity contribution is 6.30. The molecule has 1 amide bonds. The molecule has 2 N–H and O–H groups in total. The Morgan fingerprint density at radius 2 is 1.85 bits per heavy atom. The van der Waals surface area contributed by atoms with Crippen molar-refractivity contribution in [2.75, 3.05) is 6.61 Å². The van der Waals surface area contributed by atoms with Crippen LogP contribution in [-0.4, -0.2) is 23.6 Å². The van der Waals surface area contributed by atoms with Gasteiger partial charge in [0.05, 0.1) is 19.1 Å². The van der Waals surface area contributed by atoms with Gasteiger partial charge in [-0.3, -0.25) is 9.59 Å². The topological polar surface area (TPSA) is 75.6 Å². The van der Waals surface area contributed by atoms with Crippen LogP contribution in [0, 0.1) is 5.82 Å². The number of carboxylic acids is 1. The van der Waals surface area contributed by atoms with Crippen LogP contribution in [0.25, 0.3) is 0 Å². The number of carbonyl (C=O) groups excluding carboxylic acids is 1. The van der Waals surface area contributed by atoms with E-state index in [0.29, 0.717) is 17.0 Å². The van der Waals surface area contributed by atoms with E-state index in [1.54, 1.807) is 36.4 Å². The fourth-order valence-electron chi connectivity index (χ4n) is 2.37. The molecule has 0 fully saturated rings. The molecule has 2 rings (SSSR count). The molecule has 0 aliphatic heterocycles. The summed E-state index contributed by atoms with van der Waals surface area (Å²) >= 11 is 5.83. The average molecular weight is 380 g/mol. The van der Waals surface area contributed by atoms with Gasteiger partial charge in [0.2, 0.25) is 5.91 Å². The van der Waals surface area contributed by atoms with E-state index in [2.05, 4.69) is 5.32 Å². The van der Waals surface area contributed by atoms with E-state index in [1.807, 2.05) is 0 Å². The Kier molecular flexibility index (Phi) is 7.41. The molecule has 7 heteroatoms. The van der Waals surface area contributed by atoms with Gasteiger partial charge in [0, 0.05) is 11.4 Å². The molecule has 1 atom stereocenters. The number of carboxylic acid groups (broad SMARTS) is 1. The van der Waals surface area contributed by atoms with E-state index in [4.69, 9.17) is 21.4 Å². The van der Waals surface area contributed by atoms with Crippen molar-refractivity contribution < 1.29 is 23.8 Å². The molecule has 26 heavy (non-hydrogen) atoms. The normalized spacial score (nSPS) is 11.6. The van der Waals surface area contributed by atoms with Crippen molar-refractivity contribution in [1.29, 1.82) is 0 Å².